The standard InChI is InChI=1S/C18H27NOS/c1-14-6-7-17-15(10-14)11-16(20-17)12-19-13-18(21-2)8-4-3-5-9-18/h6-7,10,16,19H,3-5,8-9,11-13H2,1-2H3. The lowest BCUT2D eigenvalue weighted by Crippen LogP contribution is -2.42. The van der Waals surface area contributed by atoms with Crippen LogP contribution in [0.2, 0.25) is 0 Å². The van der Waals surface area contributed by atoms with Crippen molar-refractivity contribution in [1.82, 2.24) is 5.32 Å². The second kappa shape index (κ2) is 6.62. The fourth-order valence-electron chi connectivity index (χ4n) is 3.67. The van der Waals surface area contributed by atoms with E-state index in [4.69, 9.17) is 4.74 Å². The molecule has 1 atom stereocenters. The van der Waals surface area contributed by atoms with Crippen LogP contribution in [0.25, 0.3) is 0 Å². The van der Waals surface area contributed by atoms with Gasteiger partial charge in [-0.15, -0.1) is 0 Å². The molecule has 3 rings (SSSR count). The second-order valence-corrected chi connectivity index (χ2v) is 7.91. The lowest BCUT2D eigenvalue weighted by Gasteiger charge is -2.36. The van der Waals surface area contributed by atoms with E-state index in [0.717, 1.165) is 25.3 Å². The van der Waals surface area contributed by atoms with Gasteiger partial charge in [0, 0.05) is 24.3 Å². The smallest absolute Gasteiger partial charge is 0.123 e. The molecule has 1 aliphatic heterocycles. The van der Waals surface area contributed by atoms with E-state index in [-0.39, 0.29) is 0 Å². The Morgan fingerprint density at radius 1 is 1.29 bits per heavy atom. The Morgan fingerprint density at radius 2 is 2.10 bits per heavy atom. The molecule has 1 unspecified atom stereocenters. The molecule has 1 aliphatic carbocycles. The fourth-order valence-corrected chi connectivity index (χ4v) is 4.62. The molecular formula is C18H27NOS. The Balaban J connectivity index is 1.48. The number of ether oxygens (including phenoxy) is 1. The summed E-state index contributed by atoms with van der Waals surface area (Å²) in [5.41, 5.74) is 2.70. The highest BCUT2D eigenvalue weighted by Crippen LogP contribution is 2.38. The maximum absolute atomic E-state index is 6.05. The Hall–Kier alpha value is -0.670. The number of hydrogen-bond donors (Lipinski definition) is 1. The average molecular weight is 305 g/mol. The van der Waals surface area contributed by atoms with Crippen molar-refractivity contribution in [1.29, 1.82) is 0 Å². The van der Waals surface area contributed by atoms with Crippen LogP contribution in [0.1, 0.15) is 43.2 Å². The summed E-state index contributed by atoms with van der Waals surface area (Å²) in [6.45, 7) is 4.25. The van der Waals surface area contributed by atoms with Crippen LogP contribution in [-0.2, 0) is 6.42 Å². The molecule has 0 spiro atoms. The minimum Gasteiger partial charge on any atom is -0.488 e. The Bertz CT molecular complexity index is 482. The normalized spacial score (nSPS) is 23.6. The van der Waals surface area contributed by atoms with E-state index in [9.17, 15) is 0 Å². The first-order valence-electron chi connectivity index (χ1n) is 8.23. The SMILES string of the molecule is CSC1(CNCC2Cc3cc(C)ccc3O2)CCCCC1. The van der Waals surface area contributed by atoms with Crippen LogP contribution in [0, 0.1) is 6.92 Å². The molecule has 1 fully saturated rings. The van der Waals surface area contributed by atoms with Gasteiger partial charge in [0.1, 0.15) is 11.9 Å². The Kier molecular flexibility index (Phi) is 4.80. The van der Waals surface area contributed by atoms with Crippen molar-refractivity contribution in [2.45, 2.75) is 56.3 Å². The molecule has 1 aromatic rings. The topological polar surface area (TPSA) is 21.3 Å². The van der Waals surface area contributed by atoms with Crippen molar-refractivity contribution in [3.05, 3.63) is 29.3 Å². The lowest BCUT2D eigenvalue weighted by atomic mass is 9.88. The van der Waals surface area contributed by atoms with Crippen molar-refractivity contribution >= 4 is 11.8 Å². The molecule has 2 aliphatic rings. The molecular weight excluding hydrogens is 278 g/mol. The summed E-state index contributed by atoms with van der Waals surface area (Å²) in [4.78, 5) is 0. The minimum absolute atomic E-state index is 0.310. The van der Waals surface area contributed by atoms with Gasteiger partial charge in [-0.3, -0.25) is 0 Å². The third-order valence-electron chi connectivity index (χ3n) is 4.97. The second-order valence-electron chi connectivity index (χ2n) is 6.63. The molecule has 0 saturated heterocycles. The third-order valence-corrected chi connectivity index (χ3v) is 6.39. The van der Waals surface area contributed by atoms with Gasteiger partial charge in [-0.25, -0.2) is 0 Å². The number of nitrogens with one attached hydrogen (secondary N) is 1. The quantitative estimate of drug-likeness (QED) is 0.890. The van der Waals surface area contributed by atoms with Crippen LogP contribution in [0.15, 0.2) is 18.2 Å². The summed E-state index contributed by atoms with van der Waals surface area (Å²) >= 11 is 2.06. The molecule has 21 heavy (non-hydrogen) atoms. The predicted molar refractivity (Wildman–Crippen MR) is 91.5 cm³/mol. The summed E-state index contributed by atoms with van der Waals surface area (Å²) < 4.78 is 6.52. The number of rotatable bonds is 5. The number of benzene rings is 1. The zero-order valence-corrected chi connectivity index (χ0v) is 14.1. The number of hydrogen-bond acceptors (Lipinski definition) is 3. The van der Waals surface area contributed by atoms with E-state index in [1.165, 1.54) is 43.2 Å². The predicted octanol–water partition coefficient (Wildman–Crippen LogP) is 3.95. The molecule has 1 heterocycles. The summed E-state index contributed by atoms with van der Waals surface area (Å²) in [5.74, 6) is 1.09. The van der Waals surface area contributed by atoms with E-state index in [2.05, 4.69) is 48.5 Å². The molecule has 3 heteroatoms. The van der Waals surface area contributed by atoms with Crippen LogP contribution in [0.3, 0.4) is 0 Å². The molecule has 0 bridgehead atoms. The average Bonchev–Trinajstić information content (AvgIpc) is 2.90. The molecule has 1 N–H and O–H groups in total. The van der Waals surface area contributed by atoms with Gasteiger partial charge in [0.15, 0.2) is 0 Å². The van der Waals surface area contributed by atoms with Gasteiger partial charge in [0.05, 0.1) is 0 Å². The van der Waals surface area contributed by atoms with E-state index >= 15 is 0 Å². The number of aryl methyl sites for hydroxylation is 1. The largest absolute Gasteiger partial charge is 0.488 e. The summed E-state index contributed by atoms with van der Waals surface area (Å²) in [6, 6.07) is 6.52. The van der Waals surface area contributed by atoms with Crippen LogP contribution in [0.5, 0.6) is 5.75 Å². The number of thioether (sulfide) groups is 1. The zero-order valence-electron chi connectivity index (χ0n) is 13.3. The fraction of sp³-hybridized carbons (Fsp3) is 0.667. The van der Waals surface area contributed by atoms with E-state index in [1.54, 1.807) is 0 Å². The Morgan fingerprint density at radius 3 is 2.86 bits per heavy atom. The monoisotopic (exact) mass is 305 g/mol. The summed E-state index contributed by atoms with van der Waals surface area (Å²) in [7, 11) is 0. The van der Waals surface area contributed by atoms with Crippen molar-refractivity contribution < 1.29 is 4.74 Å². The zero-order chi connectivity index (χ0) is 14.7. The van der Waals surface area contributed by atoms with Crippen LogP contribution in [0.4, 0.5) is 0 Å². The van der Waals surface area contributed by atoms with Gasteiger partial charge in [-0.05, 0) is 37.7 Å². The minimum atomic E-state index is 0.310. The maximum atomic E-state index is 6.05. The summed E-state index contributed by atoms with van der Waals surface area (Å²) in [5, 5.41) is 3.69. The van der Waals surface area contributed by atoms with Gasteiger partial charge in [-0.1, -0.05) is 37.0 Å². The first-order valence-corrected chi connectivity index (χ1v) is 9.45. The van der Waals surface area contributed by atoms with Crippen LogP contribution in [-0.4, -0.2) is 30.2 Å². The van der Waals surface area contributed by atoms with Crippen LogP contribution >= 0.6 is 11.8 Å². The molecule has 1 aromatic carbocycles. The van der Waals surface area contributed by atoms with Crippen molar-refractivity contribution in [2.75, 3.05) is 19.3 Å². The van der Waals surface area contributed by atoms with Crippen molar-refractivity contribution in [2.24, 2.45) is 0 Å². The molecule has 0 amide bonds. The third kappa shape index (κ3) is 3.57. The maximum Gasteiger partial charge on any atom is 0.123 e. The van der Waals surface area contributed by atoms with Gasteiger partial charge >= 0.3 is 0 Å². The van der Waals surface area contributed by atoms with Crippen LogP contribution < -0.4 is 10.1 Å². The number of fused-ring (bicyclic) bond motifs is 1. The highest BCUT2D eigenvalue weighted by atomic mass is 32.2. The first-order chi connectivity index (χ1) is 10.2. The molecule has 0 aromatic heterocycles. The van der Waals surface area contributed by atoms with E-state index in [1.807, 2.05) is 0 Å². The summed E-state index contributed by atoms with van der Waals surface area (Å²) in [6.07, 6.45) is 10.6. The lowest BCUT2D eigenvalue weighted by molar-refractivity contribution is 0.223. The van der Waals surface area contributed by atoms with Crippen molar-refractivity contribution in [3.8, 4) is 5.75 Å². The molecule has 2 nitrogen and oxygen atoms in total. The Labute approximate surface area is 133 Å². The van der Waals surface area contributed by atoms with E-state index in [0.29, 0.717) is 10.9 Å². The van der Waals surface area contributed by atoms with Gasteiger partial charge in [-0.2, -0.15) is 11.8 Å². The van der Waals surface area contributed by atoms with Gasteiger partial charge in [0.2, 0.25) is 0 Å². The van der Waals surface area contributed by atoms with Crippen molar-refractivity contribution in [3.63, 3.8) is 0 Å². The van der Waals surface area contributed by atoms with E-state index < -0.39 is 0 Å². The highest BCUT2D eigenvalue weighted by molar-refractivity contribution is 8.00. The molecule has 0 radical (unpaired) electrons. The highest BCUT2D eigenvalue weighted by Gasteiger charge is 2.31. The van der Waals surface area contributed by atoms with Gasteiger partial charge in [0.25, 0.3) is 0 Å². The molecule has 1 saturated carbocycles. The first kappa shape index (κ1) is 15.2. The molecule has 116 valence electrons. The van der Waals surface area contributed by atoms with Gasteiger partial charge < -0.3 is 10.1 Å².